The second-order valence-electron chi connectivity index (χ2n) is 8.13. The van der Waals surface area contributed by atoms with Crippen LogP contribution < -0.4 is 4.72 Å². The number of aliphatic carboxylic acids is 1. The zero-order chi connectivity index (χ0) is 21.0. The fraction of sp³-hybridized carbons (Fsp3) is 0.526. The van der Waals surface area contributed by atoms with Crippen LogP contribution in [0, 0.1) is 0 Å². The molecule has 1 aromatic rings. The first-order valence-electron chi connectivity index (χ1n) is 8.85. The molecule has 0 unspecified atom stereocenters. The molecule has 0 heterocycles. The molecule has 0 saturated heterocycles. The smallest absolute Gasteiger partial charge is 0.322 e. The molecule has 0 aliphatic rings. The lowest BCUT2D eigenvalue weighted by Crippen LogP contribution is -2.41. The van der Waals surface area contributed by atoms with Crippen molar-refractivity contribution < 1.29 is 22.7 Å². The third-order valence-corrected chi connectivity index (χ3v) is 11.0. The molecule has 2 atom stereocenters. The summed E-state index contributed by atoms with van der Waals surface area (Å²) in [7, 11) is -5.89. The monoisotopic (exact) mass is 413 g/mol. The third kappa shape index (κ3) is 6.27. The van der Waals surface area contributed by atoms with Gasteiger partial charge in [0.05, 0.1) is 11.0 Å². The Labute approximate surface area is 163 Å². The van der Waals surface area contributed by atoms with Gasteiger partial charge in [-0.25, -0.2) is 8.42 Å². The van der Waals surface area contributed by atoms with Crippen molar-refractivity contribution in [3.05, 3.63) is 42.5 Å². The lowest BCUT2D eigenvalue weighted by molar-refractivity contribution is -0.138. The molecule has 0 amide bonds. The minimum Gasteiger partial charge on any atom is -0.480 e. The SMILES string of the molecule is C=CC[C@H](NS(=O)(=O)c1ccc([C@@H](C)O[Si](C)(C)C(C)(C)C)cc1)C(=O)O. The molecular weight excluding hydrogens is 382 g/mol. The first kappa shape index (κ1) is 23.6. The Morgan fingerprint density at radius 3 is 2.22 bits per heavy atom. The average Bonchev–Trinajstić information content (AvgIpc) is 2.52. The lowest BCUT2D eigenvalue weighted by Gasteiger charge is -2.38. The summed E-state index contributed by atoms with van der Waals surface area (Å²) < 4.78 is 33.4. The molecule has 0 radical (unpaired) electrons. The Kier molecular flexibility index (Phi) is 7.58. The van der Waals surface area contributed by atoms with Crippen molar-refractivity contribution in [3.8, 4) is 0 Å². The summed E-state index contributed by atoms with van der Waals surface area (Å²) in [5, 5.41) is 9.19. The number of rotatable bonds is 9. The molecule has 0 spiro atoms. The molecule has 0 saturated carbocycles. The molecule has 8 heteroatoms. The number of carboxylic acid groups (broad SMARTS) is 1. The number of carboxylic acids is 1. The Morgan fingerprint density at radius 1 is 1.30 bits per heavy atom. The van der Waals surface area contributed by atoms with Crippen molar-refractivity contribution in [1.82, 2.24) is 4.72 Å². The maximum atomic E-state index is 12.4. The molecule has 0 bridgehead atoms. The molecule has 1 aromatic carbocycles. The van der Waals surface area contributed by atoms with Gasteiger partial charge in [0.25, 0.3) is 0 Å². The maximum absolute atomic E-state index is 12.4. The normalized spacial score (nSPS) is 15.2. The fourth-order valence-corrected chi connectivity index (χ4v) is 4.80. The van der Waals surface area contributed by atoms with Gasteiger partial charge in [-0.15, -0.1) is 6.58 Å². The fourth-order valence-electron chi connectivity index (χ4n) is 2.23. The summed E-state index contributed by atoms with van der Waals surface area (Å²) in [6.07, 6.45) is 1.21. The largest absolute Gasteiger partial charge is 0.480 e. The first-order chi connectivity index (χ1) is 12.2. The van der Waals surface area contributed by atoms with Gasteiger partial charge in [0.1, 0.15) is 6.04 Å². The standard InChI is InChI=1S/C19H31NO5SSi/c1-8-9-17(18(21)22)20-26(23,24)16-12-10-15(11-13-16)14(2)25-27(6,7)19(3,4)5/h8,10-14,17,20H,1,9H2,2-7H3,(H,21,22)/t14-,17+/m1/s1. The minimum atomic E-state index is -3.94. The summed E-state index contributed by atoms with van der Waals surface area (Å²) in [6, 6.07) is 5.10. The number of nitrogens with one attached hydrogen (secondary N) is 1. The van der Waals surface area contributed by atoms with E-state index in [1.54, 1.807) is 12.1 Å². The van der Waals surface area contributed by atoms with Gasteiger partial charge < -0.3 is 9.53 Å². The van der Waals surface area contributed by atoms with Crippen LogP contribution in [-0.4, -0.2) is 33.9 Å². The van der Waals surface area contributed by atoms with Gasteiger partial charge in [-0.05, 0) is 49.2 Å². The Hall–Kier alpha value is -1.48. The molecule has 152 valence electrons. The van der Waals surface area contributed by atoms with E-state index in [0.717, 1.165) is 5.56 Å². The van der Waals surface area contributed by atoms with Crippen molar-refractivity contribution in [2.24, 2.45) is 0 Å². The third-order valence-electron chi connectivity index (χ3n) is 4.94. The predicted molar refractivity (Wildman–Crippen MR) is 110 cm³/mol. The summed E-state index contributed by atoms with van der Waals surface area (Å²) in [5.41, 5.74) is 0.875. The summed E-state index contributed by atoms with van der Waals surface area (Å²) >= 11 is 0. The first-order valence-corrected chi connectivity index (χ1v) is 13.2. The van der Waals surface area contributed by atoms with Crippen LogP contribution in [-0.2, 0) is 19.2 Å². The van der Waals surface area contributed by atoms with Crippen LogP contribution in [0.1, 0.15) is 45.8 Å². The second kappa shape index (κ2) is 8.68. The molecular formula is C19H31NO5SSi. The van der Waals surface area contributed by atoms with Gasteiger partial charge in [0.15, 0.2) is 8.32 Å². The van der Waals surface area contributed by atoms with E-state index in [1.807, 2.05) is 6.92 Å². The molecule has 0 aliphatic carbocycles. The van der Waals surface area contributed by atoms with E-state index in [1.165, 1.54) is 18.2 Å². The lowest BCUT2D eigenvalue weighted by atomic mass is 10.1. The molecule has 2 N–H and O–H groups in total. The van der Waals surface area contributed by atoms with E-state index in [9.17, 15) is 13.2 Å². The predicted octanol–water partition coefficient (Wildman–Crippen LogP) is 4.08. The number of hydrogen-bond acceptors (Lipinski definition) is 4. The zero-order valence-electron chi connectivity index (χ0n) is 16.9. The summed E-state index contributed by atoms with van der Waals surface area (Å²) in [6.45, 7) is 16.2. The number of benzene rings is 1. The number of carbonyl (C=O) groups is 1. The van der Waals surface area contributed by atoms with E-state index < -0.39 is 30.4 Å². The van der Waals surface area contributed by atoms with Crippen LogP contribution in [0.2, 0.25) is 18.1 Å². The molecule has 0 fully saturated rings. The van der Waals surface area contributed by atoms with Gasteiger partial charge in [-0.3, -0.25) is 4.79 Å². The Morgan fingerprint density at radius 2 is 1.81 bits per heavy atom. The Bertz CT molecular complexity index is 766. The number of sulfonamides is 1. The van der Waals surface area contributed by atoms with Gasteiger partial charge in [-0.2, -0.15) is 4.72 Å². The van der Waals surface area contributed by atoms with E-state index in [0.29, 0.717) is 0 Å². The zero-order valence-corrected chi connectivity index (χ0v) is 18.8. The maximum Gasteiger partial charge on any atom is 0.322 e. The van der Waals surface area contributed by atoms with Gasteiger partial charge in [-0.1, -0.05) is 39.0 Å². The average molecular weight is 414 g/mol. The van der Waals surface area contributed by atoms with E-state index in [2.05, 4.69) is 45.2 Å². The Balaban J connectivity index is 2.97. The highest BCUT2D eigenvalue weighted by Gasteiger charge is 2.38. The molecule has 6 nitrogen and oxygen atoms in total. The van der Waals surface area contributed by atoms with Crippen LogP contribution in [0.4, 0.5) is 0 Å². The summed E-state index contributed by atoms with van der Waals surface area (Å²) in [4.78, 5) is 11.2. The van der Waals surface area contributed by atoms with Gasteiger partial charge in [0.2, 0.25) is 10.0 Å². The topological polar surface area (TPSA) is 92.7 Å². The highest BCUT2D eigenvalue weighted by molar-refractivity contribution is 7.89. The second-order valence-corrected chi connectivity index (χ2v) is 14.6. The molecule has 27 heavy (non-hydrogen) atoms. The van der Waals surface area contributed by atoms with E-state index in [4.69, 9.17) is 9.53 Å². The van der Waals surface area contributed by atoms with Crippen molar-refractivity contribution >= 4 is 24.3 Å². The van der Waals surface area contributed by atoms with Crippen molar-refractivity contribution in [2.45, 2.75) is 69.3 Å². The van der Waals surface area contributed by atoms with Crippen LogP contribution in [0.25, 0.3) is 0 Å². The molecule has 1 rings (SSSR count). The van der Waals surface area contributed by atoms with Crippen LogP contribution in [0.3, 0.4) is 0 Å². The van der Waals surface area contributed by atoms with Crippen molar-refractivity contribution in [1.29, 1.82) is 0 Å². The number of hydrogen-bond donors (Lipinski definition) is 2. The van der Waals surface area contributed by atoms with Gasteiger partial charge >= 0.3 is 5.97 Å². The van der Waals surface area contributed by atoms with Crippen molar-refractivity contribution in [2.75, 3.05) is 0 Å². The van der Waals surface area contributed by atoms with Crippen LogP contribution >= 0.6 is 0 Å². The highest BCUT2D eigenvalue weighted by atomic mass is 32.2. The summed E-state index contributed by atoms with van der Waals surface area (Å²) in [5.74, 6) is -1.24. The highest BCUT2D eigenvalue weighted by Crippen LogP contribution is 2.39. The van der Waals surface area contributed by atoms with Crippen LogP contribution in [0.15, 0.2) is 41.8 Å². The van der Waals surface area contributed by atoms with Crippen LogP contribution in [0.5, 0.6) is 0 Å². The van der Waals surface area contributed by atoms with Crippen molar-refractivity contribution in [3.63, 3.8) is 0 Å². The minimum absolute atomic E-state index is 0.00400. The molecule has 0 aromatic heterocycles. The van der Waals surface area contributed by atoms with E-state index >= 15 is 0 Å². The van der Waals surface area contributed by atoms with E-state index in [-0.39, 0.29) is 22.5 Å². The van der Waals surface area contributed by atoms with Gasteiger partial charge in [0, 0.05) is 0 Å². The quantitative estimate of drug-likeness (QED) is 0.470. The molecule has 0 aliphatic heterocycles.